The Balaban J connectivity index is 3.19. The van der Waals surface area contributed by atoms with Crippen LogP contribution in [-0.4, -0.2) is 12.2 Å². The molecule has 1 aromatic carbocycles. The quantitative estimate of drug-likeness (QED) is 0.726. The van der Waals surface area contributed by atoms with Crippen LogP contribution >= 0.6 is 0 Å². The lowest BCUT2D eigenvalue weighted by Crippen LogP contribution is -1.94. The van der Waals surface area contributed by atoms with Gasteiger partial charge in [-0.3, -0.25) is 0 Å². The number of ether oxygens (including phenoxy) is 1. The van der Waals surface area contributed by atoms with Gasteiger partial charge in [-0.2, -0.15) is 0 Å². The van der Waals surface area contributed by atoms with E-state index in [-0.39, 0.29) is 6.61 Å². The summed E-state index contributed by atoms with van der Waals surface area (Å²) < 4.78 is 5.08. The second-order valence-electron chi connectivity index (χ2n) is 2.89. The van der Waals surface area contributed by atoms with E-state index in [9.17, 15) is 0 Å². The minimum absolute atomic E-state index is 0.0733. The molecule has 0 atom stereocenters. The normalized spacial score (nSPS) is 10.0. The van der Waals surface area contributed by atoms with Gasteiger partial charge < -0.3 is 9.84 Å². The van der Waals surface area contributed by atoms with Gasteiger partial charge in [0.2, 0.25) is 0 Å². The van der Waals surface area contributed by atoms with Crippen LogP contribution in [0.3, 0.4) is 0 Å². The molecule has 0 heterocycles. The number of methoxy groups -OCH3 is 1. The molecule has 0 amide bonds. The third-order valence-corrected chi connectivity index (χ3v) is 2.15. The zero-order valence-corrected chi connectivity index (χ0v) is 7.72. The van der Waals surface area contributed by atoms with Crippen LogP contribution in [0.15, 0.2) is 12.1 Å². The summed E-state index contributed by atoms with van der Waals surface area (Å²) >= 11 is 0. The minimum atomic E-state index is 0.0733. The van der Waals surface area contributed by atoms with Crippen LogP contribution in [0.25, 0.3) is 0 Å². The van der Waals surface area contributed by atoms with Crippen LogP contribution in [0, 0.1) is 13.8 Å². The van der Waals surface area contributed by atoms with E-state index in [1.165, 1.54) is 0 Å². The molecule has 1 aromatic rings. The maximum absolute atomic E-state index is 9.01. The zero-order valence-electron chi connectivity index (χ0n) is 7.72. The van der Waals surface area contributed by atoms with E-state index in [1.54, 1.807) is 7.11 Å². The highest BCUT2D eigenvalue weighted by Gasteiger charge is 2.02. The predicted octanol–water partition coefficient (Wildman–Crippen LogP) is 1.80. The lowest BCUT2D eigenvalue weighted by Gasteiger charge is -2.08. The molecule has 0 unspecified atom stereocenters. The molecule has 0 aromatic heterocycles. The molecular formula is C10H14O2. The molecule has 66 valence electrons. The van der Waals surface area contributed by atoms with E-state index in [1.807, 2.05) is 26.0 Å². The number of aliphatic hydroxyl groups excluding tert-OH is 1. The molecular weight excluding hydrogens is 152 g/mol. The van der Waals surface area contributed by atoms with Gasteiger partial charge in [-0.1, -0.05) is 0 Å². The fourth-order valence-electron chi connectivity index (χ4n) is 1.18. The maximum atomic E-state index is 9.01. The van der Waals surface area contributed by atoms with Crippen LogP contribution in [0.4, 0.5) is 0 Å². The molecule has 2 nitrogen and oxygen atoms in total. The molecule has 2 heteroatoms. The molecule has 0 aliphatic rings. The fraction of sp³-hybridized carbons (Fsp3) is 0.400. The van der Waals surface area contributed by atoms with Gasteiger partial charge in [0, 0.05) is 0 Å². The number of aryl methyl sites for hydroxylation is 1. The first-order valence-corrected chi connectivity index (χ1v) is 3.94. The van der Waals surface area contributed by atoms with Crippen molar-refractivity contribution in [1.29, 1.82) is 0 Å². The van der Waals surface area contributed by atoms with Gasteiger partial charge >= 0.3 is 0 Å². The van der Waals surface area contributed by atoms with Crippen LogP contribution in [-0.2, 0) is 6.61 Å². The average molecular weight is 166 g/mol. The van der Waals surface area contributed by atoms with Gasteiger partial charge in [-0.25, -0.2) is 0 Å². The Morgan fingerprint density at radius 2 is 2.00 bits per heavy atom. The lowest BCUT2D eigenvalue weighted by molar-refractivity contribution is 0.280. The number of hydrogen-bond donors (Lipinski definition) is 1. The van der Waals surface area contributed by atoms with Crippen molar-refractivity contribution in [3.05, 3.63) is 28.8 Å². The first-order valence-electron chi connectivity index (χ1n) is 3.94. The van der Waals surface area contributed by atoms with Crippen molar-refractivity contribution in [3.63, 3.8) is 0 Å². The Bertz CT molecular complexity index is 279. The molecule has 0 radical (unpaired) electrons. The van der Waals surface area contributed by atoms with E-state index in [0.29, 0.717) is 0 Å². The molecule has 12 heavy (non-hydrogen) atoms. The minimum Gasteiger partial charge on any atom is -0.497 e. The van der Waals surface area contributed by atoms with Gasteiger partial charge in [0.25, 0.3) is 0 Å². The summed E-state index contributed by atoms with van der Waals surface area (Å²) in [5.74, 6) is 0.808. The molecule has 0 bridgehead atoms. The summed E-state index contributed by atoms with van der Waals surface area (Å²) in [4.78, 5) is 0. The lowest BCUT2D eigenvalue weighted by atomic mass is 10.0. The Morgan fingerprint density at radius 3 is 2.50 bits per heavy atom. The first-order chi connectivity index (χ1) is 5.69. The van der Waals surface area contributed by atoms with Gasteiger partial charge in [0.05, 0.1) is 13.7 Å². The Labute approximate surface area is 72.8 Å². The van der Waals surface area contributed by atoms with Crippen molar-refractivity contribution in [3.8, 4) is 5.75 Å². The van der Waals surface area contributed by atoms with Crippen LogP contribution in [0.2, 0.25) is 0 Å². The highest BCUT2D eigenvalue weighted by Crippen LogP contribution is 2.21. The summed E-state index contributed by atoms with van der Waals surface area (Å²) in [6.45, 7) is 4.08. The molecule has 0 spiro atoms. The van der Waals surface area contributed by atoms with Crippen LogP contribution < -0.4 is 4.74 Å². The second-order valence-corrected chi connectivity index (χ2v) is 2.89. The molecule has 0 fully saturated rings. The molecule has 1 N–H and O–H groups in total. The van der Waals surface area contributed by atoms with Gasteiger partial charge in [0.1, 0.15) is 5.75 Å². The maximum Gasteiger partial charge on any atom is 0.119 e. The van der Waals surface area contributed by atoms with E-state index >= 15 is 0 Å². The molecule has 0 saturated carbocycles. The summed E-state index contributed by atoms with van der Waals surface area (Å²) in [7, 11) is 1.63. The van der Waals surface area contributed by atoms with Crippen molar-refractivity contribution < 1.29 is 9.84 Å². The highest BCUT2D eigenvalue weighted by molar-refractivity contribution is 5.40. The predicted molar refractivity (Wildman–Crippen MR) is 48.4 cm³/mol. The third kappa shape index (κ3) is 1.59. The Morgan fingerprint density at radius 1 is 1.33 bits per heavy atom. The fourth-order valence-corrected chi connectivity index (χ4v) is 1.18. The number of rotatable bonds is 2. The van der Waals surface area contributed by atoms with Crippen molar-refractivity contribution >= 4 is 0 Å². The van der Waals surface area contributed by atoms with Crippen LogP contribution in [0.5, 0.6) is 5.75 Å². The molecule has 0 aliphatic carbocycles. The summed E-state index contributed by atoms with van der Waals surface area (Å²) in [6, 6.07) is 3.83. The van der Waals surface area contributed by atoms with Gasteiger partial charge in [-0.15, -0.1) is 0 Å². The van der Waals surface area contributed by atoms with E-state index in [0.717, 1.165) is 22.4 Å². The number of aliphatic hydroxyl groups is 1. The third-order valence-electron chi connectivity index (χ3n) is 2.15. The smallest absolute Gasteiger partial charge is 0.119 e. The van der Waals surface area contributed by atoms with Crippen molar-refractivity contribution in [2.24, 2.45) is 0 Å². The van der Waals surface area contributed by atoms with E-state index < -0.39 is 0 Å². The molecule has 0 aliphatic heterocycles. The molecule has 0 saturated heterocycles. The average Bonchev–Trinajstić information content (AvgIpc) is 2.09. The van der Waals surface area contributed by atoms with Gasteiger partial charge in [-0.05, 0) is 42.7 Å². The molecule has 1 rings (SSSR count). The van der Waals surface area contributed by atoms with E-state index in [2.05, 4.69) is 0 Å². The SMILES string of the molecule is COc1cc(C)c(C)c(CO)c1. The number of hydrogen-bond acceptors (Lipinski definition) is 2. The first kappa shape index (κ1) is 9.07. The monoisotopic (exact) mass is 166 g/mol. The van der Waals surface area contributed by atoms with Crippen LogP contribution in [0.1, 0.15) is 16.7 Å². The summed E-state index contributed by atoms with van der Waals surface area (Å²) in [5.41, 5.74) is 3.23. The standard InChI is InChI=1S/C10H14O2/c1-7-4-10(12-3)5-9(6-11)8(7)2/h4-5,11H,6H2,1-3H3. The topological polar surface area (TPSA) is 29.5 Å². The largest absolute Gasteiger partial charge is 0.497 e. The Hall–Kier alpha value is -1.02. The number of benzene rings is 1. The summed E-state index contributed by atoms with van der Waals surface area (Å²) in [6.07, 6.45) is 0. The Kier molecular flexibility index (Phi) is 2.71. The van der Waals surface area contributed by atoms with Crippen molar-refractivity contribution in [2.75, 3.05) is 7.11 Å². The van der Waals surface area contributed by atoms with Crippen molar-refractivity contribution in [1.82, 2.24) is 0 Å². The highest BCUT2D eigenvalue weighted by atomic mass is 16.5. The van der Waals surface area contributed by atoms with E-state index in [4.69, 9.17) is 9.84 Å². The zero-order chi connectivity index (χ0) is 9.14. The van der Waals surface area contributed by atoms with Crippen molar-refractivity contribution in [2.45, 2.75) is 20.5 Å². The van der Waals surface area contributed by atoms with Gasteiger partial charge in [0.15, 0.2) is 0 Å². The summed E-state index contributed by atoms with van der Waals surface area (Å²) in [5, 5.41) is 9.01. The second kappa shape index (κ2) is 3.59.